The first kappa shape index (κ1) is 41.9. The SMILES string of the molecule is C/C=C(\C)C(=O)N[C@@H](c1ccccc1)[C@@H](O)C(=O)O[C@H]1C[C@]2(O)[C@@H](OC(=O)c3ccccc3)[C@@H]3[C@]4(OC(C)=O)CO[C@@H]4C[C@H](O)[C@@]3(C)C(=O)[C@H](O)C(=C1C)C2(C)C. The lowest BCUT2D eigenvalue weighted by atomic mass is 9.44. The van der Waals surface area contributed by atoms with Gasteiger partial charge in [-0.25, -0.2) is 9.59 Å². The molecule has 0 aromatic heterocycles. The zero-order valence-electron chi connectivity index (χ0n) is 33.1. The summed E-state index contributed by atoms with van der Waals surface area (Å²) in [5, 5.41) is 51.7. The van der Waals surface area contributed by atoms with E-state index in [-0.39, 0.29) is 29.7 Å². The van der Waals surface area contributed by atoms with Crippen LogP contribution in [0.1, 0.15) is 83.3 Å². The van der Waals surface area contributed by atoms with Crippen LogP contribution in [0.4, 0.5) is 0 Å². The minimum atomic E-state index is -2.34. The van der Waals surface area contributed by atoms with Gasteiger partial charge in [-0.1, -0.05) is 68.5 Å². The fraction of sp³-hybridized carbons (Fsp3) is 0.512. The van der Waals surface area contributed by atoms with Gasteiger partial charge in [0.1, 0.15) is 30.0 Å². The summed E-state index contributed by atoms with van der Waals surface area (Å²) in [5.74, 6) is -5.84. The summed E-state index contributed by atoms with van der Waals surface area (Å²) in [5.41, 5.74) is -6.75. The Kier molecular flexibility index (Phi) is 11.2. The van der Waals surface area contributed by atoms with Crippen LogP contribution < -0.4 is 5.32 Å². The summed E-state index contributed by atoms with van der Waals surface area (Å²) in [7, 11) is 0. The molecular formula is C43H51NO13. The first-order valence-electron chi connectivity index (χ1n) is 19.0. The zero-order chi connectivity index (χ0) is 41.8. The summed E-state index contributed by atoms with van der Waals surface area (Å²) in [4.78, 5) is 68.9. The van der Waals surface area contributed by atoms with Gasteiger partial charge >= 0.3 is 17.9 Å². The molecule has 6 rings (SSSR count). The molecule has 11 atom stereocenters. The average Bonchev–Trinajstić information content (AvgIpc) is 3.18. The van der Waals surface area contributed by atoms with E-state index < -0.39 is 107 Å². The number of fused-ring (bicyclic) bond motifs is 5. The minimum absolute atomic E-state index is 0.0497. The Balaban J connectivity index is 1.50. The van der Waals surface area contributed by atoms with E-state index in [2.05, 4.69) is 5.32 Å². The standard InChI is InChI=1S/C43H51NO13/c1-8-22(2)37(50)44-31(25-15-11-9-12-16-25)33(48)39(52)55-27-20-43(53)36(56-38(51)26-17-13-10-14-18-26)34-41(7,35(49)32(47)30(23(27)3)40(43,5)6)28(46)19-29-42(34,21-54-29)57-24(4)45/h8-18,27-29,31-34,36,46-48,53H,19-21H2,1-7H3,(H,44,50)/b22-8+/t27-,28-,29+,31-,32+,33+,34-,36-,41+,42-,43-/m0/s1. The molecule has 5 N–H and O–H groups in total. The number of rotatable bonds is 9. The van der Waals surface area contributed by atoms with Crippen molar-refractivity contribution >= 4 is 29.6 Å². The maximum absolute atomic E-state index is 14.9. The predicted molar refractivity (Wildman–Crippen MR) is 202 cm³/mol. The number of esters is 3. The normalized spacial score (nSPS) is 34.2. The Labute approximate surface area is 330 Å². The van der Waals surface area contributed by atoms with Crippen LogP contribution in [-0.4, -0.2) is 104 Å². The van der Waals surface area contributed by atoms with Gasteiger partial charge in [0.15, 0.2) is 17.5 Å². The molecule has 2 saturated carbocycles. The van der Waals surface area contributed by atoms with Gasteiger partial charge in [0.25, 0.3) is 0 Å². The Morgan fingerprint density at radius 3 is 2.14 bits per heavy atom. The van der Waals surface area contributed by atoms with Crippen molar-refractivity contribution in [3.05, 3.63) is 94.6 Å². The molecule has 1 heterocycles. The number of hydrogen-bond acceptors (Lipinski definition) is 13. The highest BCUT2D eigenvalue weighted by Gasteiger charge is 2.78. The van der Waals surface area contributed by atoms with E-state index in [0.29, 0.717) is 11.1 Å². The van der Waals surface area contributed by atoms with Crippen molar-refractivity contribution in [3.63, 3.8) is 0 Å². The molecule has 306 valence electrons. The summed E-state index contributed by atoms with van der Waals surface area (Å²) >= 11 is 0. The number of aliphatic hydroxyl groups is 4. The topological polar surface area (TPSA) is 215 Å². The number of amides is 1. The molecule has 1 aliphatic heterocycles. The highest BCUT2D eigenvalue weighted by Crippen LogP contribution is 2.64. The monoisotopic (exact) mass is 789 g/mol. The van der Waals surface area contributed by atoms with E-state index in [9.17, 15) is 44.4 Å². The number of ketones is 1. The van der Waals surface area contributed by atoms with Crippen LogP contribution >= 0.6 is 0 Å². The van der Waals surface area contributed by atoms with Crippen molar-refractivity contribution in [3.8, 4) is 0 Å². The minimum Gasteiger partial charge on any atom is -0.456 e. The van der Waals surface area contributed by atoms with Gasteiger partial charge in [0, 0.05) is 30.8 Å². The van der Waals surface area contributed by atoms with Gasteiger partial charge in [-0.2, -0.15) is 0 Å². The number of carbonyl (C=O) groups is 5. The second-order valence-corrected chi connectivity index (χ2v) is 16.4. The predicted octanol–water partition coefficient (Wildman–Crippen LogP) is 2.82. The molecule has 0 radical (unpaired) electrons. The first-order chi connectivity index (χ1) is 26.8. The number of Topliss-reactive ketones (excluding diaryl/α,β-unsaturated/α-hetero) is 1. The highest BCUT2D eigenvalue weighted by molar-refractivity contribution is 5.95. The van der Waals surface area contributed by atoms with Crippen molar-refractivity contribution in [1.82, 2.24) is 5.32 Å². The highest BCUT2D eigenvalue weighted by atomic mass is 16.6. The maximum Gasteiger partial charge on any atom is 0.338 e. The van der Waals surface area contributed by atoms with Gasteiger partial charge in [0.05, 0.1) is 35.6 Å². The van der Waals surface area contributed by atoms with Crippen LogP contribution in [0.3, 0.4) is 0 Å². The van der Waals surface area contributed by atoms with Gasteiger partial charge < -0.3 is 44.7 Å². The smallest absolute Gasteiger partial charge is 0.338 e. The molecule has 4 aliphatic rings. The van der Waals surface area contributed by atoms with Crippen LogP contribution in [0.5, 0.6) is 0 Å². The maximum atomic E-state index is 14.9. The molecule has 2 bridgehead atoms. The molecule has 1 saturated heterocycles. The van der Waals surface area contributed by atoms with Crippen molar-refractivity contribution in [2.75, 3.05) is 6.61 Å². The number of ether oxygens (including phenoxy) is 4. The lowest BCUT2D eigenvalue weighted by Crippen LogP contribution is -2.81. The second kappa shape index (κ2) is 15.2. The second-order valence-electron chi connectivity index (χ2n) is 16.4. The van der Waals surface area contributed by atoms with Crippen LogP contribution in [0.25, 0.3) is 0 Å². The Morgan fingerprint density at radius 1 is 0.965 bits per heavy atom. The van der Waals surface area contributed by atoms with Gasteiger partial charge in [-0.05, 0) is 56.5 Å². The number of hydrogen-bond donors (Lipinski definition) is 5. The van der Waals surface area contributed by atoms with Gasteiger partial charge in [-0.15, -0.1) is 0 Å². The van der Waals surface area contributed by atoms with Crippen molar-refractivity contribution in [2.24, 2.45) is 16.7 Å². The third kappa shape index (κ3) is 6.70. The van der Waals surface area contributed by atoms with E-state index in [1.54, 1.807) is 82.3 Å². The lowest BCUT2D eigenvalue weighted by molar-refractivity contribution is -0.346. The molecule has 0 unspecified atom stereocenters. The van der Waals surface area contributed by atoms with Crippen LogP contribution in [0.15, 0.2) is 83.5 Å². The zero-order valence-corrected chi connectivity index (χ0v) is 33.1. The molecule has 3 aliphatic carbocycles. The number of aliphatic hydroxyl groups excluding tert-OH is 3. The molecule has 0 spiro atoms. The van der Waals surface area contributed by atoms with Gasteiger partial charge in [-0.3, -0.25) is 14.4 Å². The van der Waals surface area contributed by atoms with Crippen LogP contribution in [0.2, 0.25) is 0 Å². The fourth-order valence-electron chi connectivity index (χ4n) is 9.51. The third-order valence-electron chi connectivity index (χ3n) is 13.0. The largest absolute Gasteiger partial charge is 0.456 e. The fourth-order valence-corrected chi connectivity index (χ4v) is 9.51. The molecule has 14 heteroatoms. The molecule has 3 fully saturated rings. The Hall–Kier alpha value is -4.73. The summed E-state index contributed by atoms with van der Waals surface area (Å²) in [6, 6.07) is 14.9. The number of benzene rings is 2. The summed E-state index contributed by atoms with van der Waals surface area (Å²) < 4.78 is 24.1. The van der Waals surface area contributed by atoms with Crippen molar-refractivity contribution < 1.29 is 63.3 Å². The molecule has 14 nitrogen and oxygen atoms in total. The van der Waals surface area contributed by atoms with E-state index in [0.717, 1.165) is 6.92 Å². The average molecular weight is 790 g/mol. The summed E-state index contributed by atoms with van der Waals surface area (Å²) in [6.07, 6.45) is -8.83. The lowest BCUT2D eigenvalue weighted by Gasteiger charge is -2.67. The quantitative estimate of drug-likeness (QED) is 0.107. The molecule has 2 aromatic carbocycles. The molecule has 57 heavy (non-hydrogen) atoms. The molecule has 2 aromatic rings. The number of nitrogens with one attached hydrogen (secondary N) is 1. The first-order valence-corrected chi connectivity index (χ1v) is 19.0. The van der Waals surface area contributed by atoms with E-state index in [1.807, 2.05) is 0 Å². The number of carbonyl (C=O) groups excluding carboxylic acids is 5. The van der Waals surface area contributed by atoms with E-state index in [4.69, 9.17) is 18.9 Å². The van der Waals surface area contributed by atoms with Gasteiger partial charge in [0.2, 0.25) is 5.91 Å². The van der Waals surface area contributed by atoms with E-state index >= 15 is 0 Å². The number of allylic oxidation sites excluding steroid dienone is 1. The van der Waals surface area contributed by atoms with Crippen LogP contribution in [-0.2, 0) is 38.1 Å². The van der Waals surface area contributed by atoms with Crippen molar-refractivity contribution in [2.45, 2.75) is 115 Å². The Bertz CT molecular complexity index is 1990. The Morgan fingerprint density at radius 2 is 1.58 bits per heavy atom. The third-order valence-corrected chi connectivity index (χ3v) is 13.0. The summed E-state index contributed by atoms with van der Waals surface area (Å²) in [6.45, 7) is 10.1. The van der Waals surface area contributed by atoms with Crippen LogP contribution in [0, 0.1) is 16.7 Å². The van der Waals surface area contributed by atoms with Crippen molar-refractivity contribution in [1.29, 1.82) is 0 Å². The van der Waals surface area contributed by atoms with E-state index in [1.165, 1.54) is 26.0 Å². The molecular weight excluding hydrogens is 738 g/mol. The molecule has 1 amide bonds.